The molecule has 1 atom stereocenters. The fourth-order valence-electron chi connectivity index (χ4n) is 10.9. The first-order valence-electron chi connectivity index (χ1n) is 20.6. The van der Waals surface area contributed by atoms with Crippen molar-refractivity contribution in [3.63, 3.8) is 0 Å². The minimum absolute atomic E-state index is 0.508. The molecule has 0 saturated heterocycles. The van der Waals surface area contributed by atoms with Gasteiger partial charge in [0.05, 0.1) is 10.8 Å². The number of hydrogen-bond donors (Lipinski definition) is 0. The summed E-state index contributed by atoms with van der Waals surface area (Å²) in [6, 6.07) is 74.8. The van der Waals surface area contributed by atoms with Gasteiger partial charge in [-0.25, -0.2) is 0 Å². The van der Waals surface area contributed by atoms with E-state index in [1.54, 1.807) is 0 Å². The van der Waals surface area contributed by atoms with Crippen LogP contribution in [0.3, 0.4) is 0 Å². The summed E-state index contributed by atoms with van der Waals surface area (Å²) in [5.74, 6) is 0. The third-order valence-corrected chi connectivity index (χ3v) is 13.0. The molecule has 2 spiro atoms. The molecule has 1 unspecified atom stereocenters. The monoisotopic (exact) mass is 741 g/mol. The van der Waals surface area contributed by atoms with Gasteiger partial charge in [-0.15, -0.1) is 0 Å². The number of anilines is 3. The van der Waals surface area contributed by atoms with Crippen LogP contribution in [0, 0.1) is 0 Å². The summed E-state index contributed by atoms with van der Waals surface area (Å²) < 4.78 is 0. The largest absolute Gasteiger partial charge is 0.310 e. The summed E-state index contributed by atoms with van der Waals surface area (Å²) in [6.07, 6.45) is 5.78. The quantitative estimate of drug-likeness (QED) is 0.170. The molecule has 8 aromatic carbocycles. The van der Waals surface area contributed by atoms with Crippen molar-refractivity contribution in [2.75, 3.05) is 4.90 Å². The molecule has 3 aliphatic rings. The van der Waals surface area contributed by atoms with Crippen molar-refractivity contribution in [3.05, 3.63) is 262 Å². The third kappa shape index (κ3) is 4.59. The fourth-order valence-corrected chi connectivity index (χ4v) is 10.9. The molecule has 1 heteroatoms. The van der Waals surface area contributed by atoms with Crippen molar-refractivity contribution in [1.82, 2.24) is 0 Å². The highest BCUT2D eigenvalue weighted by molar-refractivity contribution is 5.98. The highest BCUT2D eigenvalue weighted by Crippen LogP contribution is 2.68. The van der Waals surface area contributed by atoms with Gasteiger partial charge in [0.2, 0.25) is 0 Å². The number of hydrogen-bond acceptors (Lipinski definition) is 1. The second-order valence-corrected chi connectivity index (χ2v) is 15.7. The molecule has 0 bridgehead atoms. The summed E-state index contributed by atoms with van der Waals surface area (Å²) in [5.41, 5.74) is 20.8. The number of allylic oxidation sites excluding steroid dienone is 4. The molecule has 0 amide bonds. The molecule has 0 saturated carbocycles. The van der Waals surface area contributed by atoms with Crippen LogP contribution in [0.5, 0.6) is 0 Å². The van der Waals surface area contributed by atoms with E-state index in [1.807, 2.05) is 0 Å². The molecule has 0 radical (unpaired) electrons. The molecular weight excluding hydrogens is 699 g/mol. The maximum atomic E-state index is 2.55. The number of para-hydroxylation sites is 1. The Hall–Kier alpha value is -6.96. The predicted molar refractivity (Wildman–Crippen MR) is 242 cm³/mol. The Balaban J connectivity index is 1.27. The number of rotatable bonds is 5. The predicted octanol–water partition coefficient (Wildman–Crippen LogP) is 14.6. The number of benzene rings is 8. The lowest BCUT2D eigenvalue weighted by atomic mass is 9.52. The van der Waals surface area contributed by atoms with Gasteiger partial charge >= 0.3 is 0 Å². The molecule has 0 aromatic heterocycles. The first kappa shape index (κ1) is 34.3. The van der Waals surface area contributed by atoms with Gasteiger partial charge in [-0.1, -0.05) is 183 Å². The fraction of sp³-hybridized carbons (Fsp3) is 0.0877. The Labute approximate surface area is 341 Å². The van der Waals surface area contributed by atoms with E-state index < -0.39 is 10.8 Å². The second kappa shape index (κ2) is 13.3. The van der Waals surface area contributed by atoms with Crippen LogP contribution in [0.25, 0.3) is 27.8 Å². The van der Waals surface area contributed by atoms with Crippen LogP contribution >= 0.6 is 0 Å². The minimum atomic E-state index is -0.551. The van der Waals surface area contributed by atoms with Crippen LogP contribution < -0.4 is 4.90 Å². The van der Waals surface area contributed by atoms with E-state index >= 15 is 0 Å². The molecule has 58 heavy (non-hydrogen) atoms. The molecular formula is C57H43N. The van der Waals surface area contributed by atoms with E-state index in [9.17, 15) is 0 Å². The van der Waals surface area contributed by atoms with Crippen molar-refractivity contribution < 1.29 is 0 Å². The number of fused-ring (bicyclic) bond motifs is 13. The maximum Gasteiger partial charge on any atom is 0.0720 e. The Morgan fingerprint density at radius 1 is 0.397 bits per heavy atom. The van der Waals surface area contributed by atoms with Crippen LogP contribution in [-0.4, -0.2) is 0 Å². The Bertz CT molecular complexity index is 2890. The van der Waals surface area contributed by atoms with E-state index in [1.165, 1.54) is 77.9 Å². The first-order valence-corrected chi connectivity index (χ1v) is 20.6. The maximum absolute atomic E-state index is 2.55. The van der Waals surface area contributed by atoms with E-state index in [-0.39, 0.29) is 0 Å². The van der Waals surface area contributed by atoms with Gasteiger partial charge in [0.25, 0.3) is 0 Å². The first-order chi connectivity index (χ1) is 28.7. The van der Waals surface area contributed by atoms with E-state index in [0.29, 0.717) is 0 Å². The highest BCUT2D eigenvalue weighted by atomic mass is 15.1. The van der Waals surface area contributed by atoms with Gasteiger partial charge in [0.15, 0.2) is 0 Å². The standard InChI is InChI=1S/C57H43N/c1-3-19-48-44(4-2)45-24-11-14-27-49(45)56(48)52-30-17-18-31-53(52)57(50-28-15-12-25-46(50)47-26-13-16-29-51(47)57)55-38-43(36-37-54(55)56)58(41-22-9-6-10-23-41)42-34-32-40(33-35-42)39-20-7-5-8-21-39/h4-38H,3H2,1-2H3/b44-4?,48-19+. The van der Waals surface area contributed by atoms with E-state index in [2.05, 4.69) is 231 Å². The molecule has 0 fully saturated rings. The molecule has 11 rings (SSSR count). The SMILES string of the molecule is CC=C1/C(=C\CC)C2(c3ccccc31)c1ccccc1C1(c3ccccc3-c3ccccc31)c1cc(N(c3ccccc3)c3ccc(-c4ccccc4)cc3)ccc12. The van der Waals surface area contributed by atoms with Crippen LogP contribution in [0.15, 0.2) is 218 Å². The normalized spacial score (nSPS) is 17.8. The van der Waals surface area contributed by atoms with Gasteiger partial charge in [-0.3, -0.25) is 0 Å². The van der Waals surface area contributed by atoms with Crippen molar-refractivity contribution in [1.29, 1.82) is 0 Å². The topological polar surface area (TPSA) is 3.24 Å². The molecule has 8 aromatic rings. The zero-order valence-electron chi connectivity index (χ0n) is 32.9. The van der Waals surface area contributed by atoms with Crippen LogP contribution in [-0.2, 0) is 10.8 Å². The average Bonchev–Trinajstić information content (AvgIpc) is 3.74. The van der Waals surface area contributed by atoms with Crippen molar-refractivity contribution >= 4 is 22.6 Å². The molecule has 0 heterocycles. The molecule has 3 aliphatic carbocycles. The average molecular weight is 742 g/mol. The van der Waals surface area contributed by atoms with Gasteiger partial charge in [0.1, 0.15) is 0 Å². The highest BCUT2D eigenvalue weighted by Gasteiger charge is 2.59. The molecule has 1 nitrogen and oxygen atoms in total. The molecule has 0 N–H and O–H groups in total. The van der Waals surface area contributed by atoms with Gasteiger partial charge in [0, 0.05) is 17.1 Å². The summed E-state index contributed by atoms with van der Waals surface area (Å²) >= 11 is 0. The zero-order chi connectivity index (χ0) is 38.8. The summed E-state index contributed by atoms with van der Waals surface area (Å²) in [7, 11) is 0. The summed E-state index contributed by atoms with van der Waals surface area (Å²) in [6.45, 7) is 4.49. The van der Waals surface area contributed by atoms with Crippen LogP contribution in [0.1, 0.15) is 64.8 Å². The lowest BCUT2D eigenvalue weighted by molar-refractivity contribution is 0.631. The van der Waals surface area contributed by atoms with Crippen molar-refractivity contribution in [2.24, 2.45) is 0 Å². The Morgan fingerprint density at radius 3 is 1.45 bits per heavy atom. The lowest BCUT2D eigenvalue weighted by Crippen LogP contribution is -2.44. The second-order valence-electron chi connectivity index (χ2n) is 15.7. The van der Waals surface area contributed by atoms with Crippen LogP contribution in [0.2, 0.25) is 0 Å². The molecule has 0 aliphatic heterocycles. The van der Waals surface area contributed by atoms with E-state index in [0.717, 1.165) is 23.5 Å². The van der Waals surface area contributed by atoms with Gasteiger partial charge in [-0.05, 0) is 128 Å². The third-order valence-electron chi connectivity index (χ3n) is 13.0. The summed E-state index contributed by atoms with van der Waals surface area (Å²) in [5, 5.41) is 0. The van der Waals surface area contributed by atoms with Crippen LogP contribution in [0.4, 0.5) is 17.1 Å². The van der Waals surface area contributed by atoms with Crippen molar-refractivity contribution in [3.8, 4) is 22.3 Å². The van der Waals surface area contributed by atoms with Gasteiger partial charge in [-0.2, -0.15) is 0 Å². The Morgan fingerprint density at radius 2 is 0.845 bits per heavy atom. The Kier molecular flexibility index (Phi) is 7.88. The van der Waals surface area contributed by atoms with Crippen molar-refractivity contribution in [2.45, 2.75) is 31.1 Å². The minimum Gasteiger partial charge on any atom is -0.310 e. The smallest absolute Gasteiger partial charge is 0.0720 e. The number of nitrogens with zero attached hydrogens (tertiary/aromatic N) is 1. The summed E-state index contributed by atoms with van der Waals surface area (Å²) in [4.78, 5) is 2.44. The van der Waals surface area contributed by atoms with Gasteiger partial charge < -0.3 is 4.90 Å². The molecule has 276 valence electrons. The van der Waals surface area contributed by atoms with E-state index in [4.69, 9.17) is 0 Å². The zero-order valence-corrected chi connectivity index (χ0v) is 32.9. The lowest BCUT2D eigenvalue weighted by Gasteiger charge is -2.49.